The lowest BCUT2D eigenvalue weighted by atomic mass is 9.92. The second-order valence-corrected chi connectivity index (χ2v) is 8.42. The van der Waals surface area contributed by atoms with Crippen LogP contribution in [0, 0.1) is 20.2 Å². The molecule has 212 valence electrons. The third kappa shape index (κ3) is 5.48. The third-order valence-corrected chi connectivity index (χ3v) is 5.79. The normalized spacial score (nSPS) is 12.0. The minimum Gasteiger partial charge on any atom is -0.457 e. The first-order valence-corrected chi connectivity index (χ1v) is 11.4. The van der Waals surface area contributed by atoms with Gasteiger partial charge in [0.25, 0.3) is 11.4 Å². The number of alkyl halides is 6. The van der Waals surface area contributed by atoms with Crippen LogP contribution in [0.3, 0.4) is 0 Å². The van der Waals surface area contributed by atoms with Crippen molar-refractivity contribution in [1.29, 1.82) is 0 Å². The number of hydrogen-bond donors (Lipinski definition) is 0. The van der Waals surface area contributed by atoms with Gasteiger partial charge < -0.3 is 9.47 Å². The molecular weight excluding hydrogens is 562 g/mol. The maximum Gasteiger partial charge on any atom is 0.380 e. The summed E-state index contributed by atoms with van der Waals surface area (Å²) >= 11 is 0. The van der Waals surface area contributed by atoms with Crippen molar-refractivity contribution >= 4 is 11.4 Å². The molecule has 0 saturated heterocycles. The molecule has 0 unspecified atom stereocenters. The number of nitro benzene ring substituents is 2. The summed E-state index contributed by atoms with van der Waals surface area (Å²) in [7, 11) is 0. The number of nitro groups is 2. The molecule has 0 saturated carbocycles. The Morgan fingerprint density at radius 1 is 0.512 bits per heavy atom. The lowest BCUT2D eigenvalue weighted by molar-refractivity contribution is -0.385. The summed E-state index contributed by atoms with van der Waals surface area (Å²) in [5, 5.41) is 21.6. The zero-order valence-electron chi connectivity index (χ0n) is 20.3. The van der Waals surface area contributed by atoms with Crippen LogP contribution in [0.5, 0.6) is 23.0 Å². The van der Waals surface area contributed by atoms with E-state index in [4.69, 9.17) is 9.47 Å². The molecule has 0 fully saturated rings. The van der Waals surface area contributed by atoms with Crippen molar-refractivity contribution in [2.75, 3.05) is 0 Å². The number of nitrogens with zero attached hydrogens (tertiary/aromatic N) is 2. The van der Waals surface area contributed by atoms with E-state index in [0.717, 1.165) is 84.9 Å². The summed E-state index contributed by atoms with van der Waals surface area (Å²) in [5.74, 6) is -19.4. The highest BCUT2D eigenvalue weighted by Gasteiger charge is 2.73. The van der Waals surface area contributed by atoms with Crippen LogP contribution in [0.15, 0.2) is 97.1 Å². The van der Waals surface area contributed by atoms with Crippen molar-refractivity contribution < 1.29 is 45.7 Å². The molecule has 0 heterocycles. The lowest BCUT2D eigenvalue weighted by Crippen LogP contribution is -2.50. The second kappa shape index (κ2) is 10.8. The zero-order chi connectivity index (χ0) is 30.0. The smallest absolute Gasteiger partial charge is 0.380 e. The van der Waals surface area contributed by atoms with Gasteiger partial charge in [-0.05, 0) is 48.5 Å². The molecule has 8 nitrogen and oxygen atoms in total. The minimum atomic E-state index is -6.05. The molecule has 0 aliphatic carbocycles. The van der Waals surface area contributed by atoms with Crippen molar-refractivity contribution in [2.24, 2.45) is 0 Å². The molecular formula is C27H16F6N2O6. The number of rotatable bonds is 10. The van der Waals surface area contributed by atoms with E-state index in [2.05, 4.69) is 0 Å². The van der Waals surface area contributed by atoms with Gasteiger partial charge in [0.2, 0.25) is 0 Å². The van der Waals surface area contributed by atoms with Crippen molar-refractivity contribution in [2.45, 2.75) is 17.8 Å². The fourth-order valence-electron chi connectivity index (χ4n) is 3.69. The van der Waals surface area contributed by atoms with E-state index in [1.165, 1.54) is 0 Å². The fraction of sp³-hybridized carbons (Fsp3) is 0.111. The first-order valence-electron chi connectivity index (χ1n) is 11.4. The molecule has 0 aromatic heterocycles. The Bertz CT molecular complexity index is 1460. The summed E-state index contributed by atoms with van der Waals surface area (Å²) in [5.41, 5.74) is -3.87. The standard InChI is InChI=1S/C27H16F6N2O6/c28-25(29,21-5-1-3-7-23(21)40-19-13-9-17(10-14-19)34(36)37)27(32,33)26(30,31)22-6-2-4-8-24(22)41-20-15-11-18(12-16-20)35(38)39/h1-16H. The van der Waals surface area contributed by atoms with Gasteiger partial charge in [-0.15, -0.1) is 0 Å². The van der Waals surface area contributed by atoms with E-state index in [-0.39, 0.29) is 22.9 Å². The van der Waals surface area contributed by atoms with Gasteiger partial charge in [-0.25, -0.2) is 0 Å². The van der Waals surface area contributed by atoms with Crippen LogP contribution >= 0.6 is 0 Å². The predicted octanol–water partition coefficient (Wildman–Crippen LogP) is 8.61. The number of ether oxygens (including phenoxy) is 2. The number of para-hydroxylation sites is 2. The summed E-state index contributed by atoms with van der Waals surface area (Å²) < 4.78 is 103. The molecule has 4 rings (SSSR count). The topological polar surface area (TPSA) is 105 Å². The lowest BCUT2D eigenvalue weighted by Gasteiger charge is -2.34. The minimum absolute atomic E-state index is 0.254. The van der Waals surface area contributed by atoms with Crippen molar-refractivity contribution in [3.63, 3.8) is 0 Å². The largest absolute Gasteiger partial charge is 0.457 e. The number of hydrogen-bond acceptors (Lipinski definition) is 6. The summed E-state index contributed by atoms with van der Waals surface area (Å²) in [6, 6.07) is 14.8. The quantitative estimate of drug-likeness (QED) is 0.106. The maximum atomic E-state index is 15.4. The predicted molar refractivity (Wildman–Crippen MR) is 132 cm³/mol. The van der Waals surface area contributed by atoms with Crippen LogP contribution in [0.4, 0.5) is 37.7 Å². The molecule has 0 amide bonds. The maximum absolute atomic E-state index is 15.4. The number of halogens is 6. The molecule has 41 heavy (non-hydrogen) atoms. The van der Waals surface area contributed by atoms with Gasteiger partial charge >= 0.3 is 17.8 Å². The monoisotopic (exact) mass is 578 g/mol. The van der Waals surface area contributed by atoms with Gasteiger partial charge in [0, 0.05) is 24.3 Å². The number of benzene rings is 4. The van der Waals surface area contributed by atoms with Crippen LogP contribution in [0.2, 0.25) is 0 Å². The van der Waals surface area contributed by atoms with E-state index in [1.54, 1.807) is 0 Å². The van der Waals surface area contributed by atoms with E-state index < -0.39 is 50.2 Å². The van der Waals surface area contributed by atoms with E-state index >= 15 is 26.3 Å². The first kappa shape index (κ1) is 28.9. The van der Waals surface area contributed by atoms with Crippen molar-refractivity contribution in [1.82, 2.24) is 0 Å². The molecule has 0 aliphatic rings. The van der Waals surface area contributed by atoms with Gasteiger partial charge in [0.1, 0.15) is 23.0 Å². The molecule has 0 bridgehead atoms. The Morgan fingerprint density at radius 2 is 0.829 bits per heavy atom. The highest BCUT2D eigenvalue weighted by atomic mass is 19.3. The summed E-state index contributed by atoms with van der Waals surface area (Å²) in [6.45, 7) is 0. The van der Waals surface area contributed by atoms with Crippen LogP contribution in [0.1, 0.15) is 11.1 Å². The molecule has 0 N–H and O–H groups in total. The molecule has 14 heteroatoms. The highest BCUT2D eigenvalue weighted by Crippen LogP contribution is 2.58. The first-order chi connectivity index (χ1) is 19.3. The van der Waals surface area contributed by atoms with Crippen molar-refractivity contribution in [3.8, 4) is 23.0 Å². The molecule has 4 aromatic rings. The Kier molecular flexibility index (Phi) is 7.59. The Morgan fingerprint density at radius 3 is 1.15 bits per heavy atom. The molecule has 0 aliphatic heterocycles. The summed E-state index contributed by atoms with van der Waals surface area (Å²) in [6.07, 6.45) is 0. The molecule has 4 aromatic carbocycles. The van der Waals surface area contributed by atoms with Gasteiger partial charge in [-0.1, -0.05) is 24.3 Å². The third-order valence-electron chi connectivity index (χ3n) is 5.79. The zero-order valence-corrected chi connectivity index (χ0v) is 20.3. The van der Waals surface area contributed by atoms with Crippen LogP contribution < -0.4 is 9.47 Å². The Balaban J connectivity index is 1.69. The highest BCUT2D eigenvalue weighted by molar-refractivity contribution is 5.47. The van der Waals surface area contributed by atoms with Crippen LogP contribution in [-0.2, 0) is 11.8 Å². The van der Waals surface area contributed by atoms with E-state index in [9.17, 15) is 20.2 Å². The second-order valence-electron chi connectivity index (χ2n) is 8.42. The average molecular weight is 578 g/mol. The van der Waals surface area contributed by atoms with Gasteiger partial charge in [0.05, 0.1) is 21.0 Å². The summed E-state index contributed by atoms with van der Waals surface area (Å²) in [4.78, 5) is 20.2. The van der Waals surface area contributed by atoms with Gasteiger partial charge in [-0.3, -0.25) is 20.2 Å². The average Bonchev–Trinajstić information content (AvgIpc) is 2.94. The molecule has 0 atom stereocenters. The van der Waals surface area contributed by atoms with E-state index in [1.807, 2.05) is 0 Å². The van der Waals surface area contributed by atoms with E-state index in [0.29, 0.717) is 12.1 Å². The fourth-order valence-corrected chi connectivity index (χ4v) is 3.69. The van der Waals surface area contributed by atoms with Gasteiger partial charge in [-0.2, -0.15) is 26.3 Å². The van der Waals surface area contributed by atoms with Crippen molar-refractivity contribution in [3.05, 3.63) is 128 Å². The SMILES string of the molecule is O=[N+]([O-])c1ccc(Oc2ccccc2C(F)(F)C(F)(F)C(F)(F)c2ccccc2Oc2ccc([N+](=O)[O-])cc2)cc1. The van der Waals surface area contributed by atoms with Gasteiger partial charge in [0.15, 0.2) is 0 Å². The Hall–Kier alpha value is -5.14. The molecule has 0 radical (unpaired) electrons. The number of non-ortho nitro benzene ring substituents is 2. The Labute approximate surface area is 226 Å². The van der Waals surface area contributed by atoms with Crippen LogP contribution in [0.25, 0.3) is 0 Å². The molecule has 0 spiro atoms. The van der Waals surface area contributed by atoms with Crippen LogP contribution in [-0.4, -0.2) is 15.8 Å².